The highest BCUT2D eigenvalue weighted by Gasteiger charge is 2.19. The Morgan fingerprint density at radius 1 is 0.404 bits per heavy atom. The standard InChI is InChI=1S/C46H88O6/c1-6-8-9-24-33-38-46(49)52-43(40-51-45(48)37-32-28-23-22-26-30-35-42(5)7-2)39-50-44(47)36-31-27-21-19-17-15-13-11-10-12-14-16-18-20-25-29-34-41(3)4/h41-43H,6-40H2,1-5H3/t42?,43-/m0/s1. The Kier molecular flexibility index (Phi) is 37.9. The van der Waals surface area contributed by atoms with Crippen molar-refractivity contribution in [3.8, 4) is 0 Å². The van der Waals surface area contributed by atoms with E-state index in [9.17, 15) is 14.4 Å². The van der Waals surface area contributed by atoms with Crippen molar-refractivity contribution in [2.24, 2.45) is 11.8 Å². The molecule has 0 heterocycles. The van der Waals surface area contributed by atoms with Crippen LogP contribution in [0.4, 0.5) is 0 Å². The number of rotatable bonds is 40. The minimum Gasteiger partial charge on any atom is -0.462 e. The third kappa shape index (κ3) is 38.1. The largest absolute Gasteiger partial charge is 0.462 e. The quantitative estimate of drug-likeness (QED) is 0.0354. The lowest BCUT2D eigenvalue weighted by Gasteiger charge is -2.18. The van der Waals surface area contributed by atoms with E-state index in [1.807, 2.05) is 0 Å². The molecular weight excluding hydrogens is 649 g/mol. The molecule has 0 saturated heterocycles. The lowest BCUT2D eigenvalue weighted by molar-refractivity contribution is -0.167. The molecule has 0 amide bonds. The molecule has 0 saturated carbocycles. The Morgan fingerprint density at radius 3 is 1.10 bits per heavy atom. The van der Waals surface area contributed by atoms with Gasteiger partial charge in [0.05, 0.1) is 0 Å². The number of carbonyl (C=O) groups is 3. The van der Waals surface area contributed by atoms with Crippen LogP contribution in [0.1, 0.15) is 247 Å². The Balaban J connectivity index is 4.07. The fraction of sp³-hybridized carbons (Fsp3) is 0.935. The number of carbonyl (C=O) groups excluding carboxylic acids is 3. The summed E-state index contributed by atoms with van der Waals surface area (Å²) in [4.78, 5) is 37.4. The van der Waals surface area contributed by atoms with Gasteiger partial charge in [0.2, 0.25) is 0 Å². The molecule has 0 aromatic carbocycles. The average molecular weight is 737 g/mol. The van der Waals surface area contributed by atoms with Gasteiger partial charge >= 0.3 is 17.9 Å². The predicted molar refractivity (Wildman–Crippen MR) is 220 cm³/mol. The summed E-state index contributed by atoms with van der Waals surface area (Å²) >= 11 is 0. The first kappa shape index (κ1) is 50.4. The van der Waals surface area contributed by atoms with E-state index >= 15 is 0 Å². The summed E-state index contributed by atoms with van der Waals surface area (Å²) in [6.07, 6.45) is 37.0. The maximum atomic E-state index is 12.5. The normalized spacial score (nSPS) is 12.6. The maximum Gasteiger partial charge on any atom is 0.306 e. The van der Waals surface area contributed by atoms with E-state index < -0.39 is 6.10 Å². The van der Waals surface area contributed by atoms with Gasteiger partial charge in [-0.1, -0.05) is 208 Å². The lowest BCUT2D eigenvalue weighted by atomic mass is 10.00. The predicted octanol–water partition coefficient (Wildman–Crippen LogP) is 14.2. The zero-order chi connectivity index (χ0) is 38.3. The highest BCUT2D eigenvalue weighted by atomic mass is 16.6. The van der Waals surface area contributed by atoms with Gasteiger partial charge in [0.15, 0.2) is 6.10 Å². The van der Waals surface area contributed by atoms with Crippen molar-refractivity contribution in [3.63, 3.8) is 0 Å². The van der Waals surface area contributed by atoms with E-state index in [0.29, 0.717) is 19.3 Å². The second-order valence-corrected chi connectivity index (χ2v) is 16.4. The van der Waals surface area contributed by atoms with Crippen molar-refractivity contribution in [1.29, 1.82) is 0 Å². The molecule has 0 bridgehead atoms. The smallest absolute Gasteiger partial charge is 0.306 e. The minimum atomic E-state index is -0.758. The van der Waals surface area contributed by atoms with E-state index in [-0.39, 0.29) is 31.1 Å². The zero-order valence-corrected chi connectivity index (χ0v) is 35.4. The summed E-state index contributed by atoms with van der Waals surface area (Å²) in [5.74, 6) is 0.793. The van der Waals surface area contributed by atoms with Gasteiger partial charge in [0.1, 0.15) is 13.2 Å². The lowest BCUT2D eigenvalue weighted by Crippen LogP contribution is -2.30. The van der Waals surface area contributed by atoms with Gasteiger partial charge < -0.3 is 14.2 Å². The molecule has 0 rings (SSSR count). The van der Waals surface area contributed by atoms with Crippen LogP contribution in [0.25, 0.3) is 0 Å². The van der Waals surface area contributed by atoms with E-state index in [2.05, 4.69) is 34.6 Å². The molecule has 0 aromatic rings. The van der Waals surface area contributed by atoms with Gasteiger partial charge in [-0.05, 0) is 31.1 Å². The topological polar surface area (TPSA) is 78.9 Å². The van der Waals surface area contributed by atoms with Crippen LogP contribution in [0.15, 0.2) is 0 Å². The van der Waals surface area contributed by atoms with Crippen molar-refractivity contribution in [2.75, 3.05) is 13.2 Å². The van der Waals surface area contributed by atoms with Gasteiger partial charge in [0.25, 0.3) is 0 Å². The molecule has 0 aromatic heterocycles. The van der Waals surface area contributed by atoms with Crippen molar-refractivity contribution in [3.05, 3.63) is 0 Å². The van der Waals surface area contributed by atoms with Crippen LogP contribution < -0.4 is 0 Å². The summed E-state index contributed by atoms with van der Waals surface area (Å²) in [5.41, 5.74) is 0. The maximum absolute atomic E-state index is 12.5. The molecule has 0 aliphatic rings. The van der Waals surface area contributed by atoms with Gasteiger partial charge in [-0.25, -0.2) is 0 Å². The summed E-state index contributed by atoms with van der Waals surface area (Å²) < 4.78 is 16.6. The molecule has 308 valence electrons. The van der Waals surface area contributed by atoms with E-state index in [0.717, 1.165) is 76.0 Å². The highest BCUT2D eigenvalue weighted by molar-refractivity contribution is 5.71. The first-order valence-electron chi connectivity index (χ1n) is 22.8. The molecule has 6 heteroatoms. The SMILES string of the molecule is CCCCCCCC(=O)O[C@@H](COC(=O)CCCCCCCCCCCCCCCCCCC(C)C)COC(=O)CCCCCCCCC(C)CC. The number of hydrogen-bond donors (Lipinski definition) is 0. The van der Waals surface area contributed by atoms with Crippen LogP contribution >= 0.6 is 0 Å². The molecule has 0 radical (unpaired) electrons. The van der Waals surface area contributed by atoms with Gasteiger partial charge in [-0.2, -0.15) is 0 Å². The van der Waals surface area contributed by atoms with Crippen LogP contribution in [0.2, 0.25) is 0 Å². The van der Waals surface area contributed by atoms with E-state index in [1.54, 1.807) is 0 Å². The third-order valence-electron chi connectivity index (χ3n) is 10.6. The van der Waals surface area contributed by atoms with Gasteiger partial charge in [-0.3, -0.25) is 14.4 Å². The number of hydrogen-bond acceptors (Lipinski definition) is 6. The second-order valence-electron chi connectivity index (χ2n) is 16.4. The fourth-order valence-corrected chi connectivity index (χ4v) is 6.72. The molecule has 52 heavy (non-hydrogen) atoms. The van der Waals surface area contributed by atoms with Crippen molar-refractivity contribution < 1.29 is 28.6 Å². The van der Waals surface area contributed by atoms with Crippen molar-refractivity contribution in [2.45, 2.75) is 253 Å². The van der Waals surface area contributed by atoms with Crippen LogP contribution in [0.3, 0.4) is 0 Å². The molecule has 1 unspecified atom stereocenters. The molecule has 2 atom stereocenters. The average Bonchev–Trinajstić information content (AvgIpc) is 3.12. The Labute approximate surface area is 323 Å². The fourth-order valence-electron chi connectivity index (χ4n) is 6.72. The number of esters is 3. The molecule has 0 aliphatic carbocycles. The van der Waals surface area contributed by atoms with E-state index in [1.165, 1.54) is 128 Å². The molecular formula is C46H88O6. The first-order valence-corrected chi connectivity index (χ1v) is 22.8. The Bertz CT molecular complexity index is 796. The van der Waals surface area contributed by atoms with Crippen LogP contribution in [-0.2, 0) is 28.6 Å². The van der Waals surface area contributed by atoms with E-state index in [4.69, 9.17) is 14.2 Å². The first-order chi connectivity index (χ1) is 25.3. The van der Waals surface area contributed by atoms with Crippen LogP contribution in [0, 0.1) is 11.8 Å². The Morgan fingerprint density at radius 2 is 0.731 bits per heavy atom. The number of unbranched alkanes of at least 4 members (excludes halogenated alkanes) is 24. The number of ether oxygens (including phenoxy) is 3. The molecule has 6 nitrogen and oxygen atoms in total. The molecule has 0 N–H and O–H groups in total. The van der Waals surface area contributed by atoms with Crippen molar-refractivity contribution in [1.82, 2.24) is 0 Å². The summed E-state index contributed by atoms with van der Waals surface area (Å²) in [7, 11) is 0. The Hall–Kier alpha value is -1.59. The highest BCUT2D eigenvalue weighted by Crippen LogP contribution is 2.17. The van der Waals surface area contributed by atoms with Gasteiger partial charge in [-0.15, -0.1) is 0 Å². The minimum absolute atomic E-state index is 0.0667. The summed E-state index contributed by atoms with van der Waals surface area (Å²) in [5, 5.41) is 0. The second kappa shape index (κ2) is 39.1. The third-order valence-corrected chi connectivity index (χ3v) is 10.6. The van der Waals surface area contributed by atoms with Crippen molar-refractivity contribution >= 4 is 17.9 Å². The molecule has 0 fully saturated rings. The molecule has 0 spiro atoms. The summed E-state index contributed by atoms with van der Waals surface area (Å²) in [6, 6.07) is 0. The van der Waals surface area contributed by atoms with Crippen LogP contribution in [-0.4, -0.2) is 37.2 Å². The molecule has 0 aliphatic heterocycles. The zero-order valence-electron chi connectivity index (χ0n) is 35.4. The summed E-state index contributed by atoms with van der Waals surface area (Å²) in [6.45, 7) is 11.2. The van der Waals surface area contributed by atoms with Gasteiger partial charge in [0, 0.05) is 19.3 Å². The monoisotopic (exact) mass is 737 g/mol. The van der Waals surface area contributed by atoms with Crippen LogP contribution in [0.5, 0.6) is 0 Å².